The van der Waals surface area contributed by atoms with Crippen LogP contribution in [0, 0.1) is 0 Å². The molecule has 3 rings (SSSR count). The molecule has 0 spiro atoms. The van der Waals surface area contributed by atoms with Gasteiger partial charge in [0.05, 0.1) is 18.4 Å². The number of nitrogens with zero attached hydrogens (tertiary/aromatic N) is 1. The van der Waals surface area contributed by atoms with Crippen LogP contribution in [0.3, 0.4) is 0 Å². The molecule has 1 aromatic rings. The van der Waals surface area contributed by atoms with Crippen molar-refractivity contribution in [1.29, 1.82) is 0 Å². The van der Waals surface area contributed by atoms with Crippen LogP contribution >= 0.6 is 0 Å². The molecule has 5 nitrogen and oxygen atoms in total. The van der Waals surface area contributed by atoms with Crippen molar-refractivity contribution < 1.29 is 19.4 Å². The standard InChI is InChI=1S/C13H13NO4/c1-18-10-6-7-8(15)2-4-14-5-3-9(16)11(12(7)14)13(10)17/h6,17H,2-5H2,1H3. The van der Waals surface area contributed by atoms with Crippen molar-refractivity contribution in [2.75, 3.05) is 25.1 Å². The maximum atomic E-state index is 12.0. The van der Waals surface area contributed by atoms with E-state index in [0.29, 0.717) is 37.2 Å². The second kappa shape index (κ2) is 3.73. The highest BCUT2D eigenvalue weighted by atomic mass is 16.5. The zero-order chi connectivity index (χ0) is 12.9. The maximum Gasteiger partial charge on any atom is 0.170 e. The summed E-state index contributed by atoms with van der Waals surface area (Å²) in [5.74, 6) is -0.0982. The van der Waals surface area contributed by atoms with Crippen molar-refractivity contribution in [2.45, 2.75) is 12.8 Å². The highest BCUT2D eigenvalue weighted by Crippen LogP contribution is 2.44. The first-order chi connectivity index (χ1) is 8.63. The second-order valence-electron chi connectivity index (χ2n) is 4.53. The number of phenolic OH excluding ortho intramolecular Hbond substituents is 1. The minimum absolute atomic E-state index is 0.00417. The lowest BCUT2D eigenvalue weighted by atomic mass is 9.89. The molecule has 2 aliphatic rings. The van der Waals surface area contributed by atoms with E-state index in [-0.39, 0.29) is 28.6 Å². The van der Waals surface area contributed by atoms with E-state index in [4.69, 9.17) is 4.74 Å². The monoisotopic (exact) mass is 247 g/mol. The molecule has 5 heteroatoms. The average Bonchev–Trinajstić information content (AvgIpc) is 2.37. The van der Waals surface area contributed by atoms with Crippen LogP contribution in [0.15, 0.2) is 6.07 Å². The van der Waals surface area contributed by atoms with Crippen LogP contribution in [0.4, 0.5) is 5.69 Å². The molecule has 94 valence electrons. The number of rotatable bonds is 1. The van der Waals surface area contributed by atoms with Gasteiger partial charge in [0.2, 0.25) is 0 Å². The Hall–Kier alpha value is -2.04. The number of methoxy groups -OCH3 is 1. The van der Waals surface area contributed by atoms with Gasteiger partial charge in [0, 0.05) is 31.5 Å². The summed E-state index contributed by atoms with van der Waals surface area (Å²) in [6.45, 7) is 1.22. The van der Waals surface area contributed by atoms with Gasteiger partial charge in [-0.1, -0.05) is 0 Å². The summed E-state index contributed by atoms with van der Waals surface area (Å²) in [6.07, 6.45) is 0.802. The van der Waals surface area contributed by atoms with Crippen LogP contribution in [0.25, 0.3) is 0 Å². The third-order valence-corrected chi connectivity index (χ3v) is 3.57. The smallest absolute Gasteiger partial charge is 0.170 e. The number of carbonyl (C=O) groups excluding carboxylic acids is 2. The summed E-state index contributed by atoms with van der Waals surface area (Å²) in [6, 6.07) is 1.53. The molecule has 0 saturated heterocycles. The van der Waals surface area contributed by atoms with E-state index < -0.39 is 0 Å². The Morgan fingerprint density at radius 2 is 1.89 bits per heavy atom. The fraction of sp³-hybridized carbons (Fsp3) is 0.385. The van der Waals surface area contributed by atoms with Gasteiger partial charge >= 0.3 is 0 Å². The van der Waals surface area contributed by atoms with Crippen LogP contribution < -0.4 is 9.64 Å². The molecule has 18 heavy (non-hydrogen) atoms. The highest BCUT2D eigenvalue weighted by Gasteiger charge is 2.35. The van der Waals surface area contributed by atoms with E-state index in [1.54, 1.807) is 0 Å². The largest absolute Gasteiger partial charge is 0.504 e. The molecule has 0 aliphatic carbocycles. The number of hydrogen-bond donors (Lipinski definition) is 1. The van der Waals surface area contributed by atoms with Crippen molar-refractivity contribution in [1.82, 2.24) is 0 Å². The summed E-state index contributed by atoms with van der Waals surface area (Å²) in [7, 11) is 1.41. The van der Waals surface area contributed by atoms with Crippen molar-refractivity contribution in [2.24, 2.45) is 0 Å². The van der Waals surface area contributed by atoms with Gasteiger partial charge in [-0.15, -0.1) is 0 Å². The third-order valence-electron chi connectivity index (χ3n) is 3.57. The Bertz CT molecular complexity index is 563. The number of Topliss-reactive ketones (excluding diaryl/α,β-unsaturated/α-hetero) is 2. The van der Waals surface area contributed by atoms with E-state index in [0.717, 1.165) is 0 Å². The van der Waals surface area contributed by atoms with Crippen molar-refractivity contribution in [3.8, 4) is 11.5 Å². The molecular formula is C13H13NO4. The van der Waals surface area contributed by atoms with E-state index in [9.17, 15) is 14.7 Å². The Labute approximate surface area is 104 Å². The zero-order valence-corrected chi connectivity index (χ0v) is 10.0. The Balaban J connectivity index is 2.35. The van der Waals surface area contributed by atoms with Crippen LogP contribution in [0.2, 0.25) is 0 Å². The summed E-state index contributed by atoms with van der Waals surface area (Å²) >= 11 is 0. The van der Waals surface area contributed by atoms with Gasteiger partial charge in [0.15, 0.2) is 23.1 Å². The molecule has 0 bridgehead atoms. The molecule has 2 heterocycles. The lowest BCUT2D eigenvalue weighted by Crippen LogP contribution is -2.38. The number of phenols is 1. The van der Waals surface area contributed by atoms with Crippen molar-refractivity contribution in [3.05, 3.63) is 17.2 Å². The Morgan fingerprint density at radius 1 is 1.22 bits per heavy atom. The van der Waals surface area contributed by atoms with Crippen LogP contribution in [-0.4, -0.2) is 36.9 Å². The van der Waals surface area contributed by atoms with Crippen LogP contribution in [0.1, 0.15) is 33.6 Å². The molecule has 0 radical (unpaired) electrons. The number of ether oxygens (including phenoxy) is 1. The minimum Gasteiger partial charge on any atom is -0.504 e. The number of ketones is 2. The molecule has 0 saturated carbocycles. The number of carbonyl (C=O) groups is 2. The first kappa shape index (κ1) is 11.1. The number of aromatic hydroxyl groups is 1. The normalized spacial score (nSPS) is 17.7. The first-order valence-electron chi connectivity index (χ1n) is 5.88. The molecule has 2 aliphatic heterocycles. The van der Waals surface area contributed by atoms with E-state index in [1.807, 2.05) is 4.90 Å². The number of benzene rings is 1. The van der Waals surface area contributed by atoms with Gasteiger partial charge in [0.25, 0.3) is 0 Å². The fourth-order valence-corrected chi connectivity index (χ4v) is 2.67. The van der Waals surface area contributed by atoms with Gasteiger partial charge in [-0.05, 0) is 6.07 Å². The Kier molecular flexibility index (Phi) is 2.29. The lowest BCUT2D eigenvalue weighted by molar-refractivity contribution is 0.0967. The van der Waals surface area contributed by atoms with Gasteiger partial charge in [0.1, 0.15) is 0 Å². The van der Waals surface area contributed by atoms with E-state index >= 15 is 0 Å². The van der Waals surface area contributed by atoms with E-state index in [1.165, 1.54) is 13.2 Å². The molecule has 0 unspecified atom stereocenters. The van der Waals surface area contributed by atoms with Gasteiger partial charge < -0.3 is 14.7 Å². The SMILES string of the molecule is COc1cc2c3c(c1O)C(=O)CCN3CCC2=O. The first-order valence-corrected chi connectivity index (χ1v) is 5.88. The summed E-state index contributed by atoms with van der Waals surface area (Å²) in [4.78, 5) is 25.9. The fourth-order valence-electron chi connectivity index (χ4n) is 2.67. The maximum absolute atomic E-state index is 12.0. The molecule has 0 atom stereocenters. The summed E-state index contributed by atoms with van der Waals surface area (Å²) in [5, 5.41) is 10.1. The molecular weight excluding hydrogens is 234 g/mol. The predicted octanol–water partition coefficient (Wildman–Crippen LogP) is 1.38. The van der Waals surface area contributed by atoms with Crippen LogP contribution in [0.5, 0.6) is 11.5 Å². The topological polar surface area (TPSA) is 66.8 Å². The molecule has 1 N–H and O–H groups in total. The average molecular weight is 247 g/mol. The molecule has 1 aromatic carbocycles. The third kappa shape index (κ3) is 1.33. The Morgan fingerprint density at radius 3 is 2.56 bits per heavy atom. The predicted molar refractivity (Wildman–Crippen MR) is 64.8 cm³/mol. The van der Waals surface area contributed by atoms with Crippen molar-refractivity contribution in [3.63, 3.8) is 0 Å². The zero-order valence-electron chi connectivity index (χ0n) is 10.0. The van der Waals surface area contributed by atoms with Crippen LogP contribution in [-0.2, 0) is 0 Å². The molecule has 0 aromatic heterocycles. The molecule has 0 amide bonds. The number of hydrogen-bond acceptors (Lipinski definition) is 5. The summed E-state index contributed by atoms with van der Waals surface area (Å²) in [5.41, 5.74) is 1.31. The van der Waals surface area contributed by atoms with E-state index in [2.05, 4.69) is 0 Å². The van der Waals surface area contributed by atoms with Crippen molar-refractivity contribution >= 4 is 17.3 Å². The highest BCUT2D eigenvalue weighted by molar-refractivity contribution is 6.14. The second-order valence-corrected chi connectivity index (χ2v) is 4.53. The summed E-state index contributed by atoms with van der Waals surface area (Å²) < 4.78 is 5.04. The van der Waals surface area contributed by atoms with Gasteiger partial charge in [-0.25, -0.2) is 0 Å². The lowest BCUT2D eigenvalue weighted by Gasteiger charge is -2.35. The van der Waals surface area contributed by atoms with Gasteiger partial charge in [-0.3, -0.25) is 9.59 Å². The minimum atomic E-state index is -0.152. The quantitative estimate of drug-likeness (QED) is 0.812. The number of anilines is 1. The molecule has 0 fully saturated rings. The van der Waals surface area contributed by atoms with Gasteiger partial charge in [-0.2, -0.15) is 0 Å².